The zero-order valence-corrected chi connectivity index (χ0v) is 43.8. The minimum Gasteiger partial charge on any atom is -0.454 e. The first kappa shape index (κ1) is 64.6. The highest BCUT2D eigenvalue weighted by molar-refractivity contribution is 5.80. The number of esters is 1. The molecule has 0 aromatic rings. The van der Waals surface area contributed by atoms with Crippen molar-refractivity contribution in [3.8, 4) is 0 Å². The van der Waals surface area contributed by atoms with Gasteiger partial charge in [0.05, 0.1) is 25.4 Å². The molecule has 8 atom stereocenters. The van der Waals surface area contributed by atoms with Crippen LogP contribution < -0.4 is 5.32 Å². The number of aliphatic hydroxyl groups excluding tert-OH is 5. The molecule has 1 aliphatic rings. The molecule has 1 amide bonds. The van der Waals surface area contributed by atoms with E-state index in [-0.39, 0.29) is 19.4 Å². The Labute approximate surface area is 425 Å². The average Bonchev–Trinajstić information content (AvgIpc) is 3.36. The average molecular weight is 982 g/mol. The van der Waals surface area contributed by atoms with E-state index in [0.29, 0.717) is 12.8 Å². The van der Waals surface area contributed by atoms with Gasteiger partial charge in [-0.25, -0.2) is 0 Å². The highest BCUT2D eigenvalue weighted by atomic mass is 16.7. The maximum atomic E-state index is 13.3. The minimum atomic E-state index is -1.64. The Morgan fingerprint density at radius 1 is 0.586 bits per heavy atom. The predicted molar refractivity (Wildman–Crippen MR) is 287 cm³/mol. The van der Waals surface area contributed by atoms with Crippen LogP contribution in [0.3, 0.4) is 0 Å². The normalized spacial score (nSPS) is 20.5. The number of allylic oxidation sites excluding steroid dienone is 15. The lowest BCUT2D eigenvalue weighted by molar-refractivity contribution is -0.305. The van der Waals surface area contributed by atoms with Crippen LogP contribution in [0.25, 0.3) is 0 Å². The molecule has 0 bridgehead atoms. The van der Waals surface area contributed by atoms with Crippen molar-refractivity contribution < 1.29 is 49.3 Å². The van der Waals surface area contributed by atoms with Gasteiger partial charge in [-0.1, -0.05) is 208 Å². The van der Waals surface area contributed by atoms with Crippen molar-refractivity contribution in [2.75, 3.05) is 13.2 Å². The molecular weight excluding hydrogens is 883 g/mol. The third-order valence-electron chi connectivity index (χ3n) is 12.3. The van der Waals surface area contributed by atoms with Crippen LogP contribution in [0.4, 0.5) is 0 Å². The molecular formula is C59H99NO10. The van der Waals surface area contributed by atoms with Gasteiger partial charge in [0.2, 0.25) is 5.91 Å². The van der Waals surface area contributed by atoms with Gasteiger partial charge >= 0.3 is 5.97 Å². The van der Waals surface area contributed by atoms with E-state index in [4.69, 9.17) is 14.2 Å². The minimum absolute atomic E-state index is 0.0889. The van der Waals surface area contributed by atoms with Crippen LogP contribution in [0, 0.1) is 0 Å². The molecule has 0 aromatic carbocycles. The summed E-state index contributed by atoms with van der Waals surface area (Å²) in [4.78, 5) is 26.4. The number of ether oxygens (including phenoxy) is 3. The smallest absolute Gasteiger partial charge is 0.306 e. The van der Waals surface area contributed by atoms with Gasteiger partial charge in [-0.2, -0.15) is 0 Å². The highest BCUT2D eigenvalue weighted by Crippen LogP contribution is 2.26. The summed E-state index contributed by atoms with van der Waals surface area (Å²) in [7, 11) is 0. The number of carbonyl (C=O) groups excluding carboxylic acids is 2. The van der Waals surface area contributed by atoms with Gasteiger partial charge < -0.3 is 45.1 Å². The van der Waals surface area contributed by atoms with Crippen LogP contribution >= 0.6 is 0 Å². The molecule has 1 fully saturated rings. The van der Waals surface area contributed by atoms with Crippen LogP contribution in [0.2, 0.25) is 0 Å². The van der Waals surface area contributed by atoms with Gasteiger partial charge in [-0.3, -0.25) is 9.59 Å². The summed E-state index contributed by atoms with van der Waals surface area (Å²) in [6, 6.07) is -1.06. The zero-order chi connectivity index (χ0) is 51.1. The van der Waals surface area contributed by atoms with Crippen LogP contribution in [-0.2, 0) is 23.8 Å². The zero-order valence-electron chi connectivity index (χ0n) is 43.8. The second kappa shape index (κ2) is 46.6. The number of amides is 1. The van der Waals surface area contributed by atoms with E-state index in [0.717, 1.165) is 89.9 Å². The van der Waals surface area contributed by atoms with Crippen molar-refractivity contribution in [1.29, 1.82) is 0 Å². The summed E-state index contributed by atoms with van der Waals surface area (Å²) in [5, 5.41) is 56.6. The summed E-state index contributed by atoms with van der Waals surface area (Å²) in [5.41, 5.74) is 0. The van der Waals surface area contributed by atoms with Crippen LogP contribution in [0.15, 0.2) is 97.2 Å². The highest BCUT2D eigenvalue weighted by Gasteiger charge is 2.47. The number of aliphatic hydroxyl groups is 5. The Morgan fingerprint density at radius 3 is 1.69 bits per heavy atom. The van der Waals surface area contributed by atoms with Gasteiger partial charge in [-0.05, 0) is 83.5 Å². The summed E-state index contributed by atoms with van der Waals surface area (Å²) >= 11 is 0. The second-order valence-corrected chi connectivity index (χ2v) is 18.6. The van der Waals surface area contributed by atoms with Gasteiger partial charge in [0.1, 0.15) is 24.4 Å². The van der Waals surface area contributed by atoms with E-state index in [1.807, 2.05) is 42.5 Å². The van der Waals surface area contributed by atoms with E-state index < -0.39 is 67.4 Å². The van der Waals surface area contributed by atoms with E-state index in [2.05, 4.69) is 74.7 Å². The molecule has 400 valence electrons. The second-order valence-electron chi connectivity index (χ2n) is 18.6. The van der Waals surface area contributed by atoms with E-state index in [1.54, 1.807) is 6.08 Å². The lowest BCUT2D eigenvalue weighted by Crippen LogP contribution is -2.61. The van der Waals surface area contributed by atoms with Crippen molar-refractivity contribution in [3.05, 3.63) is 97.2 Å². The first-order chi connectivity index (χ1) is 34.2. The molecule has 11 nitrogen and oxygen atoms in total. The molecule has 6 N–H and O–H groups in total. The predicted octanol–water partition coefficient (Wildman–Crippen LogP) is 12.0. The standard InChI is InChI=1S/C59H99NO10/c1-4-7-10-13-16-19-22-25-26-27-29-31-34-37-40-43-46-52(63)58(67)60-50(51(62)45-42-39-36-33-30-24-21-18-15-12-9-6-3)49-68-59-57(56(66)55(65)53(48-61)69-59)70-54(64)47-44-41-38-35-32-28-23-20-17-14-11-8-5-2/h8,11,14,16-17,19-20,23,25-26,29,31,37,40,42,45,50-53,55-57,59,61-63,65-66H,4-7,9-10,12-13,15,18,21-22,24,27-28,30,32-36,38-39,41,43-44,46-49H2,1-3H3,(H,60,67)/b11-8+,17-14+,19-16-,23-20-,26-25-,31-29-,40-37-,45-42+. The third-order valence-corrected chi connectivity index (χ3v) is 12.3. The number of hydrogen-bond acceptors (Lipinski definition) is 10. The summed E-state index contributed by atoms with van der Waals surface area (Å²) < 4.78 is 17.5. The Hall–Kier alpha value is -3.42. The molecule has 1 heterocycles. The Bertz CT molecular complexity index is 1500. The Morgan fingerprint density at radius 2 is 1.09 bits per heavy atom. The van der Waals surface area contributed by atoms with Crippen LogP contribution in [0.1, 0.15) is 201 Å². The topological polar surface area (TPSA) is 175 Å². The molecule has 0 radical (unpaired) electrons. The van der Waals surface area contributed by atoms with Crippen molar-refractivity contribution in [1.82, 2.24) is 5.32 Å². The van der Waals surface area contributed by atoms with Gasteiger partial charge in [0.15, 0.2) is 12.4 Å². The van der Waals surface area contributed by atoms with Crippen molar-refractivity contribution in [3.63, 3.8) is 0 Å². The monoisotopic (exact) mass is 982 g/mol. The summed E-state index contributed by atoms with van der Waals surface area (Å²) in [6.45, 7) is 5.54. The molecule has 11 heteroatoms. The van der Waals surface area contributed by atoms with E-state index in [1.165, 1.54) is 64.2 Å². The lowest BCUT2D eigenvalue weighted by Gasteiger charge is -2.41. The fourth-order valence-corrected chi connectivity index (χ4v) is 7.87. The summed E-state index contributed by atoms with van der Waals surface area (Å²) in [6.07, 6.45) is 50.3. The maximum absolute atomic E-state index is 13.3. The Balaban J connectivity index is 2.82. The quantitative estimate of drug-likeness (QED) is 0.0149. The third kappa shape index (κ3) is 34.8. The van der Waals surface area contributed by atoms with Crippen LogP contribution in [-0.4, -0.2) is 99.6 Å². The number of rotatable bonds is 44. The fraction of sp³-hybridized carbons (Fsp3) is 0.695. The molecule has 1 saturated heterocycles. The molecule has 1 aliphatic heterocycles. The first-order valence-corrected chi connectivity index (χ1v) is 27.5. The molecule has 70 heavy (non-hydrogen) atoms. The first-order valence-electron chi connectivity index (χ1n) is 27.5. The molecule has 8 unspecified atom stereocenters. The molecule has 0 aliphatic carbocycles. The Kier molecular flexibility index (Phi) is 43.0. The van der Waals surface area contributed by atoms with Gasteiger partial charge in [-0.15, -0.1) is 0 Å². The van der Waals surface area contributed by atoms with Crippen molar-refractivity contribution >= 4 is 11.9 Å². The SMILES string of the molecule is CC/C=C/C=C/C=C\CCCCCCCC(=O)OC1C(OCC(NC(=O)C(O)CC/C=C\C/C=C\C/C=C\C/C=C\CCCCC)C(O)/C=C/CCCCCCCCCCCC)OC(CO)C(O)C1O. The maximum Gasteiger partial charge on any atom is 0.306 e. The molecule has 0 saturated carbocycles. The number of carbonyl (C=O) groups is 2. The number of unbranched alkanes of at least 4 members (excludes halogenated alkanes) is 18. The summed E-state index contributed by atoms with van der Waals surface area (Å²) in [5.74, 6) is -1.29. The number of hydrogen-bond donors (Lipinski definition) is 6. The van der Waals surface area contributed by atoms with Crippen LogP contribution in [0.5, 0.6) is 0 Å². The molecule has 1 rings (SSSR count). The lowest BCUT2D eigenvalue weighted by atomic mass is 9.99. The van der Waals surface area contributed by atoms with Crippen molar-refractivity contribution in [2.45, 2.75) is 250 Å². The molecule has 0 spiro atoms. The van der Waals surface area contributed by atoms with Crippen molar-refractivity contribution in [2.24, 2.45) is 0 Å². The van der Waals surface area contributed by atoms with E-state index in [9.17, 15) is 35.1 Å². The van der Waals surface area contributed by atoms with E-state index >= 15 is 0 Å². The fourth-order valence-electron chi connectivity index (χ4n) is 7.87. The largest absolute Gasteiger partial charge is 0.454 e. The molecule has 0 aromatic heterocycles. The van der Waals surface area contributed by atoms with Gasteiger partial charge in [0, 0.05) is 6.42 Å². The van der Waals surface area contributed by atoms with Gasteiger partial charge in [0.25, 0.3) is 0 Å². The number of nitrogens with one attached hydrogen (secondary N) is 1.